The number of rotatable bonds is 6. The summed E-state index contributed by atoms with van der Waals surface area (Å²) in [6, 6.07) is 7.27. The summed E-state index contributed by atoms with van der Waals surface area (Å²) in [5.74, 6) is 0.616. The van der Waals surface area contributed by atoms with Crippen LogP contribution in [0.4, 0.5) is 5.69 Å². The number of aromatic nitrogens is 1. The average Bonchev–Trinajstić information content (AvgIpc) is 3.31. The normalized spacial score (nSPS) is 13.6. The van der Waals surface area contributed by atoms with Gasteiger partial charge >= 0.3 is 0 Å². The van der Waals surface area contributed by atoms with E-state index >= 15 is 0 Å². The second-order valence-electron chi connectivity index (χ2n) is 6.18. The Balaban J connectivity index is 1.51. The second-order valence-corrected chi connectivity index (χ2v) is 6.18. The molecular weight excluding hydrogens is 306 g/mol. The number of hydrogen-bond acceptors (Lipinski definition) is 4. The van der Waals surface area contributed by atoms with Crippen LogP contribution in [0, 0.1) is 13.8 Å². The lowest BCUT2D eigenvalue weighted by Gasteiger charge is -2.07. The first kappa shape index (κ1) is 16.2. The molecule has 2 N–H and O–H groups in total. The van der Waals surface area contributed by atoms with Gasteiger partial charge in [0.15, 0.2) is 0 Å². The summed E-state index contributed by atoms with van der Waals surface area (Å²) in [4.78, 5) is 24.0. The summed E-state index contributed by atoms with van der Waals surface area (Å²) in [5.41, 5.74) is 3.10. The Labute approximate surface area is 140 Å². The molecule has 1 aromatic heterocycles. The van der Waals surface area contributed by atoms with Gasteiger partial charge in [0.1, 0.15) is 5.76 Å². The van der Waals surface area contributed by atoms with Crippen LogP contribution in [0.15, 0.2) is 28.8 Å². The molecule has 0 unspecified atom stereocenters. The molecule has 2 aromatic rings. The van der Waals surface area contributed by atoms with Crippen molar-refractivity contribution in [3.63, 3.8) is 0 Å². The van der Waals surface area contributed by atoms with E-state index in [1.54, 1.807) is 24.3 Å². The second kappa shape index (κ2) is 6.86. The number of nitrogens with one attached hydrogen (secondary N) is 2. The van der Waals surface area contributed by atoms with Crippen molar-refractivity contribution in [3.05, 3.63) is 46.8 Å². The zero-order chi connectivity index (χ0) is 17.1. The minimum absolute atomic E-state index is 0.0613. The molecule has 1 heterocycles. The number of carbonyl (C=O) groups excluding carboxylic acids is 2. The third-order valence-electron chi connectivity index (χ3n) is 4.13. The molecule has 3 rings (SSSR count). The fourth-order valence-electron chi connectivity index (χ4n) is 2.52. The van der Waals surface area contributed by atoms with Gasteiger partial charge in [0.25, 0.3) is 5.91 Å². The average molecular weight is 327 g/mol. The van der Waals surface area contributed by atoms with Crippen LogP contribution in [0.3, 0.4) is 0 Å². The van der Waals surface area contributed by atoms with Crippen molar-refractivity contribution in [1.82, 2.24) is 10.5 Å². The minimum atomic E-state index is -0.0785. The SMILES string of the molecule is Cc1noc(C)c1CCC(=O)Nc1ccc(C(=O)NC2CC2)cc1. The monoisotopic (exact) mass is 327 g/mol. The molecule has 1 aliphatic carbocycles. The molecule has 1 saturated carbocycles. The van der Waals surface area contributed by atoms with Gasteiger partial charge in [-0.15, -0.1) is 0 Å². The van der Waals surface area contributed by atoms with Gasteiger partial charge in [-0.3, -0.25) is 9.59 Å². The van der Waals surface area contributed by atoms with Crippen molar-refractivity contribution < 1.29 is 14.1 Å². The molecule has 24 heavy (non-hydrogen) atoms. The van der Waals surface area contributed by atoms with E-state index in [9.17, 15) is 9.59 Å². The number of aryl methyl sites for hydroxylation is 2. The van der Waals surface area contributed by atoms with Crippen molar-refractivity contribution in [3.8, 4) is 0 Å². The maximum absolute atomic E-state index is 12.1. The Morgan fingerprint density at radius 3 is 2.50 bits per heavy atom. The van der Waals surface area contributed by atoms with Crippen LogP contribution in [-0.2, 0) is 11.2 Å². The quantitative estimate of drug-likeness (QED) is 0.854. The zero-order valence-corrected chi connectivity index (χ0v) is 13.9. The predicted octanol–water partition coefficient (Wildman–Crippen LogP) is 2.75. The van der Waals surface area contributed by atoms with E-state index in [-0.39, 0.29) is 11.8 Å². The first-order chi connectivity index (χ1) is 11.5. The van der Waals surface area contributed by atoms with E-state index in [0.717, 1.165) is 29.9 Å². The summed E-state index contributed by atoms with van der Waals surface area (Å²) in [6.07, 6.45) is 3.07. The van der Waals surface area contributed by atoms with Crippen molar-refractivity contribution in [2.45, 2.75) is 45.6 Å². The third-order valence-corrected chi connectivity index (χ3v) is 4.13. The van der Waals surface area contributed by atoms with Crippen molar-refractivity contribution in [2.75, 3.05) is 5.32 Å². The lowest BCUT2D eigenvalue weighted by molar-refractivity contribution is -0.116. The summed E-state index contributed by atoms with van der Waals surface area (Å²) in [6.45, 7) is 3.72. The van der Waals surface area contributed by atoms with Crippen LogP contribution in [0.5, 0.6) is 0 Å². The van der Waals surface area contributed by atoms with E-state index < -0.39 is 0 Å². The number of amides is 2. The summed E-state index contributed by atoms with van der Waals surface area (Å²) in [5, 5.41) is 9.66. The molecule has 1 aliphatic rings. The van der Waals surface area contributed by atoms with Gasteiger partial charge in [-0.05, 0) is 57.4 Å². The minimum Gasteiger partial charge on any atom is -0.361 e. The first-order valence-electron chi connectivity index (χ1n) is 8.15. The zero-order valence-electron chi connectivity index (χ0n) is 13.9. The van der Waals surface area contributed by atoms with E-state index in [2.05, 4.69) is 15.8 Å². The summed E-state index contributed by atoms with van der Waals surface area (Å²) < 4.78 is 5.09. The maximum atomic E-state index is 12.1. The van der Waals surface area contributed by atoms with Crippen LogP contribution >= 0.6 is 0 Å². The predicted molar refractivity (Wildman–Crippen MR) is 89.9 cm³/mol. The molecule has 0 radical (unpaired) electrons. The molecule has 1 fully saturated rings. The standard InChI is InChI=1S/C18H21N3O3/c1-11-16(12(2)24-21-11)9-10-17(22)19-14-5-3-13(4-6-14)18(23)20-15-7-8-15/h3-6,15H,7-10H2,1-2H3,(H,19,22)(H,20,23). The highest BCUT2D eigenvalue weighted by Crippen LogP contribution is 2.20. The fourth-order valence-corrected chi connectivity index (χ4v) is 2.52. The van der Waals surface area contributed by atoms with E-state index in [4.69, 9.17) is 4.52 Å². The van der Waals surface area contributed by atoms with Gasteiger partial charge in [0, 0.05) is 29.3 Å². The van der Waals surface area contributed by atoms with Gasteiger partial charge in [0.2, 0.25) is 5.91 Å². The number of nitrogens with zero attached hydrogens (tertiary/aromatic N) is 1. The topological polar surface area (TPSA) is 84.2 Å². The fraction of sp³-hybridized carbons (Fsp3) is 0.389. The molecule has 6 heteroatoms. The highest BCUT2D eigenvalue weighted by molar-refractivity contribution is 5.96. The molecule has 0 spiro atoms. The van der Waals surface area contributed by atoms with E-state index in [0.29, 0.717) is 30.1 Å². The molecule has 126 valence electrons. The first-order valence-corrected chi connectivity index (χ1v) is 8.15. The van der Waals surface area contributed by atoms with E-state index in [1.807, 2.05) is 13.8 Å². The number of anilines is 1. The molecular formula is C18H21N3O3. The van der Waals surface area contributed by atoms with Crippen molar-refractivity contribution in [2.24, 2.45) is 0 Å². The summed E-state index contributed by atoms with van der Waals surface area (Å²) in [7, 11) is 0. The van der Waals surface area contributed by atoms with Crippen LogP contribution in [0.25, 0.3) is 0 Å². The largest absolute Gasteiger partial charge is 0.361 e. The molecule has 1 aromatic carbocycles. The van der Waals surface area contributed by atoms with E-state index in [1.165, 1.54) is 0 Å². The number of benzene rings is 1. The Morgan fingerprint density at radius 2 is 1.92 bits per heavy atom. The van der Waals surface area contributed by atoms with Gasteiger partial charge in [-0.1, -0.05) is 5.16 Å². The molecule has 0 atom stereocenters. The lowest BCUT2D eigenvalue weighted by atomic mass is 10.1. The molecule has 0 aliphatic heterocycles. The van der Waals surface area contributed by atoms with Gasteiger partial charge in [-0.2, -0.15) is 0 Å². The van der Waals surface area contributed by atoms with Crippen LogP contribution in [-0.4, -0.2) is 23.0 Å². The highest BCUT2D eigenvalue weighted by atomic mass is 16.5. The summed E-state index contributed by atoms with van der Waals surface area (Å²) >= 11 is 0. The van der Waals surface area contributed by atoms with Crippen LogP contribution < -0.4 is 10.6 Å². The molecule has 0 bridgehead atoms. The Morgan fingerprint density at radius 1 is 1.21 bits per heavy atom. The highest BCUT2D eigenvalue weighted by Gasteiger charge is 2.23. The third kappa shape index (κ3) is 4.01. The molecule has 6 nitrogen and oxygen atoms in total. The van der Waals surface area contributed by atoms with Gasteiger partial charge in [-0.25, -0.2) is 0 Å². The lowest BCUT2D eigenvalue weighted by Crippen LogP contribution is -2.25. The Kier molecular flexibility index (Phi) is 4.64. The number of carbonyl (C=O) groups is 2. The molecule has 2 amide bonds. The Bertz CT molecular complexity index is 726. The number of hydrogen-bond donors (Lipinski definition) is 2. The van der Waals surface area contributed by atoms with Gasteiger partial charge in [0.05, 0.1) is 5.69 Å². The molecule has 0 saturated heterocycles. The van der Waals surface area contributed by atoms with Crippen LogP contribution in [0.2, 0.25) is 0 Å². The maximum Gasteiger partial charge on any atom is 0.251 e. The smallest absolute Gasteiger partial charge is 0.251 e. The van der Waals surface area contributed by atoms with Crippen molar-refractivity contribution >= 4 is 17.5 Å². The van der Waals surface area contributed by atoms with Gasteiger partial charge < -0.3 is 15.2 Å². The van der Waals surface area contributed by atoms with Crippen LogP contribution in [0.1, 0.15) is 46.6 Å². The Hall–Kier alpha value is -2.63. The van der Waals surface area contributed by atoms with Crippen molar-refractivity contribution in [1.29, 1.82) is 0 Å².